The molecule has 0 aliphatic rings. The lowest BCUT2D eigenvalue weighted by atomic mass is 10.1. The third kappa shape index (κ3) is 6.40. The quantitative estimate of drug-likeness (QED) is 0.166. The number of rotatable bonds is 9. The van der Waals surface area contributed by atoms with Gasteiger partial charge in [0.2, 0.25) is 0 Å². The van der Waals surface area contributed by atoms with E-state index in [9.17, 15) is 22.3 Å². The number of benzene rings is 4. The molecule has 0 aliphatic carbocycles. The predicted octanol–water partition coefficient (Wildman–Crippen LogP) is 6.74. The Morgan fingerprint density at radius 1 is 0.675 bits per heavy atom. The summed E-state index contributed by atoms with van der Waals surface area (Å²) in [6.45, 7) is 5.62. The zero-order valence-electron chi connectivity index (χ0n) is 22.2. The lowest BCUT2D eigenvalue weighted by Crippen LogP contribution is -2.22. The number of methoxy groups -OCH3 is 1. The number of hydrogen-bond acceptors (Lipinski definition) is 5. The van der Waals surface area contributed by atoms with Gasteiger partial charge < -0.3 is 9.47 Å². The predicted molar refractivity (Wildman–Crippen MR) is 157 cm³/mol. The van der Waals surface area contributed by atoms with Crippen molar-refractivity contribution in [3.63, 3.8) is 0 Å². The summed E-state index contributed by atoms with van der Waals surface area (Å²) in [6.07, 6.45) is 0. The molecule has 2 atom stereocenters. The van der Waals surface area contributed by atoms with Gasteiger partial charge in [-0.15, -0.1) is 0 Å². The minimum absolute atomic E-state index is 0.0255. The number of carbonyl (C=O) groups is 1. The molecule has 4 aromatic rings. The van der Waals surface area contributed by atoms with Gasteiger partial charge in [0.1, 0.15) is 11.5 Å². The highest BCUT2D eigenvalue weighted by molar-refractivity contribution is 7.81. The molecule has 0 saturated carbocycles. The van der Waals surface area contributed by atoms with Gasteiger partial charge >= 0.3 is 5.97 Å². The molecule has 0 spiro atoms. The van der Waals surface area contributed by atoms with Crippen LogP contribution < -0.4 is 13.3 Å². The fourth-order valence-electron chi connectivity index (χ4n) is 4.07. The van der Waals surface area contributed by atoms with Crippen LogP contribution in [0.2, 0.25) is 0 Å². The largest absolute Gasteiger partial charge is 0.465 e. The van der Waals surface area contributed by atoms with E-state index in [0.717, 1.165) is 15.4 Å². The molecule has 0 amide bonds. The minimum Gasteiger partial charge on any atom is -0.465 e. The van der Waals surface area contributed by atoms with E-state index >= 15 is 0 Å². The summed E-state index contributed by atoms with van der Waals surface area (Å²) in [6, 6.07) is 23.7. The van der Waals surface area contributed by atoms with Crippen molar-refractivity contribution >= 4 is 51.3 Å². The number of aryl methyl sites for hydroxylation is 3. The van der Waals surface area contributed by atoms with Crippen LogP contribution in [0.5, 0.6) is 11.5 Å². The second-order valence-corrected chi connectivity index (χ2v) is 10.6. The second-order valence-electron chi connectivity index (χ2n) is 8.94. The van der Waals surface area contributed by atoms with Gasteiger partial charge in [0, 0.05) is 0 Å². The van der Waals surface area contributed by atoms with Crippen molar-refractivity contribution in [1.29, 1.82) is 0 Å². The Kier molecular flexibility index (Phi) is 9.00. The molecule has 4 rings (SSSR count). The first-order valence-electron chi connectivity index (χ1n) is 12.1. The van der Waals surface area contributed by atoms with Crippen molar-refractivity contribution < 1.29 is 31.8 Å². The molecular formula is C29H28N2O7S2. The first-order chi connectivity index (χ1) is 19.1. The van der Waals surface area contributed by atoms with Crippen LogP contribution in [0.15, 0.2) is 84.9 Å². The van der Waals surface area contributed by atoms with E-state index in [1.807, 2.05) is 26.0 Å². The molecule has 0 fully saturated rings. The summed E-state index contributed by atoms with van der Waals surface area (Å²) >= 11 is -4.80. The van der Waals surface area contributed by atoms with E-state index in [0.29, 0.717) is 28.4 Å². The van der Waals surface area contributed by atoms with Crippen molar-refractivity contribution in [3.8, 4) is 11.5 Å². The molecule has 11 heteroatoms. The zero-order chi connectivity index (χ0) is 29.0. The third-order valence-electron chi connectivity index (χ3n) is 6.06. The average molecular weight is 581 g/mol. The van der Waals surface area contributed by atoms with Crippen molar-refractivity contribution in [3.05, 3.63) is 107 Å². The second kappa shape index (κ2) is 12.4. The van der Waals surface area contributed by atoms with Gasteiger partial charge in [-0.3, -0.25) is 9.11 Å². The van der Waals surface area contributed by atoms with Crippen LogP contribution in [0.4, 0.5) is 22.7 Å². The SMILES string of the molecule is COC(=O)c1cc(Oc2ccc(N(c3ccc(C)cc3)S(=O)O)c(C)c2)ccc1N(c1ccc(C)cc1)S(=O)O. The maximum absolute atomic E-state index is 12.7. The normalized spacial score (nSPS) is 12.3. The summed E-state index contributed by atoms with van der Waals surface area (Å²) in [5.41, 5.74) is 4.34. The Morgan fingerprint density at radius 3 is 1.57 bits per heavy atom. The molecular weight excluding hydrogens is 552 g/mol. The molecule has 9 nitrogen and oxygen atoms in total. The molecule has 0 aromatic heterocycles. The number of anilines is 4. The monoisotopic (exact) mass is 580 g/mol. The number of nitrogens with zero attached hydrogens (tertiary/aromatic N) is 2. The summed E-state index contributed by atoms with van der Waals surface area (Å²) in [5, 5.41) is 0. The van der Waals surface area contributed by atoms with E-state index in [4.69, 9.17) is 9.47 Å². The summed E-state index contributed by atoms with van der Waals surface area (Å²) < 4.78 is 58.0. The fraction of sp³-hybridized carbons (Fsp3) is 0.138. The van der Waals surface area contributed by atoms with Crippen LogP contribution >= 0.6 is 0 Å². The summed E-state index contributed by atoms with van der Waals surface area (Å²) in [5.74, 6) is -0.0165. The number of carbonyl (C=O) groups excluding carboxylic acids is 1. The summed E-state index contributed by atoms with van der Waals surface area (Å²) in [7, 11) is 1.22. The Labute approximate surface area is 237 Å². The molecule has 0 bridgehead atoms. The Bertz CT molecular complexity index is 1570. The Morgan fingerprint density at radius 2 is 1.12 bits per heavy atom. The average Bonchev–Trinajstić information content (AvgIpc) is 2.92. The molecule has 4 aromatic carbocycles. The number of ether oxygens (including phenoxy) is 2. The number of hydrogen-bond donors (Lipinski definition) is 2. The lowest BCUT2D eigenvalue weighted by molar-refractivity contribution is 0.0601. The third-order valence-corrected chi connectivity index (χ3v) is 7.50. The van der Waals surface area contributed by atoms with Crippen molar-refractivity contribution in [2.75, 3.05) is 15.7 Å². The smallest absolute Gasteiger partial charge is 0.340 e. The molecule has 0 heterocycles. The van der Waals surface area contributed by atoms with Crippen LogP contribution in [0, 0.1) is 20.8 Å². The molecule has 2 N–H and O–H groups in total. The van der Waals surface area contributed by atoms with E-state index in [1.165, 1.54) is 23.5 Å². The van der Waals surface area contributed by atoms with Crippen LogP contribution in [0.3, 0.4) is 0 Å². The van der Waals surface area contributed by atoms with Gasteiger partial charge in [0.05, 0.1) is 35.4 Å². The van der Waals surface area contributed by atoms with E-state index in [1.54, 1.807) is 67.6 Å². The highest BCUT2D eigenvalue weighted by Gasteiger charge is 2.24. The van der Waals surface area contributed by atoms with Gasteiger partial charge in [0.25, 0.3) is 22.5 Å². The number of esters is 1. The molecule has 0 radical (unpaired) electrons. The first kappa shape index (κ1) is 29.0. The molecule has 0 aliphatic heterocycles. The summed E-state index contributed by atoms with van der Waals surface area (Å²) in [4.78, 5) is 12.7. The van der Waals surface area contributed by atoms with Gasteiger partial charge in [-0.05, 0) is 87.0 Å². The maximum Gasteiger partial charge on any atom is 0.340 e. The van der Waals surface area contributed by atoms with Gasteiger partial charge in [-0.25, -0.2) is 21.8 Å². The van der Waals surface area contributed by atoms with Crippen LogP contribution in [0.25, 0.3) is 0 Å². The zero-order valence-corrected chi connectivity index (χ0v) is 23.9. The Hall–Kier alpha value is -4.03. The van der Waals surface area contributed by atoms with Crippen molar-refractivity contribution in [2.24, 2.45) is 0 Å². The molecule has 208 valence electrons. The van der Waals surface area contributed by atoms with Crippen molar-refractivity contribution in [2.45, 2.75) is 20.8 Å². The Balaban J connectivity index is 1.68. The molecule has 40 heavy (non-hydrogen) atoms. The lowest BCUT2D eigenvalue weighted by Gasteiger charge is -2.23. The molecule has 0 saturated heterocycles. The minimum atomic E-state index is -2.48. The van der Waals surface area contributed by atoms with Crippen molar-refractivity contribution in [1.82, 2.24) is 0 Å². The van der Waals surface area contributed by atoms with Gasteiger partial charge in [0.15, 0.2) is 0 Å². The van der Waals surface area contributed by atoms with E-state index in [2.05, 4.69) is 0 Å². The first-order valence-corrected chi connectivity index (χ1v) is 14.2. The highest BCUT2D eigenvalue weighted by Crippen LogP contribution is 2.36. The maximum atomic E-state index is 12.7. The molecule has 2 unspecified atom stereocenters. The standard InChI is InChI=1S/C29H28N2O7S2/c1-19-5-9-22(10-6-19)30(39(33)34)27-15-13-24(17-21(27)3)38-25-14-16-28(26(18-25)29(32)37-4)31(40(35)36)23-11-7-20(2)8-12-23/h5-18H,1-4H3,(H,33,34)(H,35,36). The van der Waals surface area contributed by atoms with Crippen LogP contribution in [-0.2, 0) is 27.3 Å². The fourth-order valence-corrected chi connectivity index (χ4v) is 5.38. The van der Waals surface area contributed by atoms with Gasteiger partial charge in [-0.1, -0.05) is 35.4 Å². The van der Waals surface area contributed by atoms with Crippen LogP contribution in [-0.4, -0.2) is 30.6 Å². The van der Waals surface area contributed by atoms with E-state index < -0.39 is 28.5 Å². The van der Waals surface area contributed by atoms with Crippen LogP contribution in [0.1, 0.15) is 27.0 Å². The van der Waals surface area contributed by atoms with E-state index in [-0.39, 0.29) is 17.0 Å². The topological polar surface area (TPSA) is 117 Å². The van der Waals surface area contributed by atoms with Gasteiger partial charge in [-0.2, -0.15) is 0 Å². The highest BCUT2D eigenvalue weighted by atomic mass is 32.2.